The van der Waals surface area contributed by atoms with Crippen molar-refractivity contribution in [1.82, 2.24) is 4.98 Å². The topological polar surface area (TPSA) is 24.9 Å². The van der Waals surface area contributed by atoms with E-state index in [9.17, 15) is 0 Å². The average molecular weight is 354 g/mol. The molecule has 0 aliphatic heterocycles. The van der Waals surface area contributed by atoms with E-state index in [0.29, 0.717) is 0 Å². The standard InChI is InChI=1S/C14H10BrClN2S/c15-13-6-9(8-19-13)7-18-12-4-3-11(16)10-2-1-5-17-14(10)12/h1-6,8,18H,7H2. The fourth-order valence-corrected chi connectivity index (χ4v) is 3.34. The van der Waals surface area contributed by atoms with Crippen molar-refractivity contribution in [3.63, 3.8) is 0 Å². The summed E-state index contributed by atoms with van der Waals surface area (Å²) in [7, 11) is 0. The van der Waals surface area contributed by atoms with Gasteiger partial charge in [-0.3, -0.25) is 4.98 Å². The molecule has 0 fully saturated rings. The van der Waals surface area contributed by atoms with Crippen LogP contribution in [0, 0.1) is 0 Å². The van der Waals surface area contributed by atoms with Crippen LogP contribution in [-0.4, -0.2) is 4.98 Å². The molecular weight excluding hydrogens is 344 g/mol. The summed E-state index contributed by atoms with van der Waals surface area (Å²) in [5.41, 5.74) is 3.16. The van der Waals surface area contributed by atoms with Gasteiger partial charge in [0.2, 0.25) is 0 Å². The fraction of sp³-hybridized carbons (Fsp3) is 0.0714. The third kappa shape index (κ3) is 2.76. The van der Waals surface area contributed by atoms with E-state index in [1.165, 1.54) is 5.56 Å². The Bertz CT molecular complexity index is 726. The molecule has 0 bridgehead atoms. The normalized spacial score (nSPS) is 10.8. The van der Waals surface area contributed by atoms with Crippen LogP contribution >= 0.6 is 38.9 Å². The molecule has 0 amide bonds. The monoisotopic (exact) mass is 352 g/mol. The summed E-state index contributed by atoms with van der Waals surface area (Å²) in [6.45, 7) is 0.773. The van der Waals surface area contributed by atoms with Crippen LogP contribution in [0.4, 0.5) is 5.69 Å². The second-order valence-electron chi connectivity index (χ2n) is 4.11. The van der Waals surface area contributed by atoms with Gasteiger partial charge in [-0.15, -0.1) is 11.3 Å². The molecule has 96 valence electrons. The van der Waals surface area contributed by atoms with E-state index in [2.05, 4.69) is 37.7 Å². The van der Waals surface area contributed by atoms with Crippen LogP contribution in [0.3, 0.4) is 0 Å². The molecule has 19 heavy (non-hydrogen) atoms. The van der Waals surface area contributed by atoms with Gasteiger partial charge < -0.3 is 5.32 Å². The SMILES string of the molecule is Clc1ccc(NCc2csc(Br)c2)c2ncccc12. The number of benzene rings is 1. The number of thiophene rings is 1. The zero-order chi connectivity index (χ0) is 13.2. The van der Waals surface area contributed by atoms with Crippen LogP contribution in [0.5, 0.6) is 0 Å². The van der Waals surface area contributed by atoms with Crippen molar-refractivity contribution >= 4 is 55.5 Å². The molecular formula is C14H10BrClN2S. The average Bonchev–Trinajstić information content (AvgIpc) is 2.84. The molecule has 3 aromatic rings. The van der Waals surface area contributed by atoms with Crippen LogP contribution in [0.2, 0.25) is 5.02 Å². The Morgan fingerprint density at radius 3 is 3.00 bits per heavy atom. The van der Waals surface area contributed by atoms with Gasteiger partial charge in [-0.25, -0.2) is 0 Å². The lowest BCUT2D eigenvalue weighted by Crippen LogP contribution is -1.99. The van der Waals surface area contributed by atoms with Gasteiger partial charge in [-0.05, 0) is 57.2 Å². The van der Waals surface area contributed by atoms with Crippen molar-refractivity contribution < 1.29 is 0 Å². The smallest absolute Gasteiger partial charge is 0.0948 e. The summed E-state index contributed by atoms with van der Waals surface area (Å²) in [5, 5.41) is 7.24. The van der Waals surface area contributed by atoms with Crippen LogP contribution < -0.4 is 5.32 Å². The first-order valence-electron chi connectivity index (χ1n) is 5.74. The predicted molar refractivity (Wildman–Crippen MR) is 86.1 cm³/mol. The van der Waals surface area contributed by atoms with E-state index in [1.807, 2.05) is 24.3 Å². The molecule has 0 saturated heterocycles. The van der Waals surface area contributed by atoms with Crippen molar-refractivity contribution in [2.24, 2.45) is 0 Å². The lowest BCUT2D eigenvalue weighted by molar-refractivity contribution is 1.16. The quantitative estimate of drug-likeness (QED) is 0.689. The van der Waals surface area contributed by atoms with Gasteiger partial charge >= 0.3 is 0 Å². The molecule has 0 aliphatic rings. The van der Waals surface area contributed by atoms with E-state index in [4.69, 9.17) is 11.6 Å². The minimum Gasteiger partial charge on any atom is -0.379 e. The predicted octanol–water partition coefficient (Wildman–Crippen LogP) is 5.32. The lowest BCUT2D eigenvalue weighted by atomic mass is 10.2. The molecule has 0 aliphatic carbocycles. The van der Waals surface area contributed by atoms with E-state index >= 15 is 0 Å². The molecule has 0 unspecified atom stereocenters. The molecule has 2 heterocycles. The molecule has 5 heteroatoms. The first-order chi connectivity index (χ1) is 9.24. The fourth-order valence-electron chi connectivity index (χ4n) is 1.92. The highest BCUT2D eigenvalue weighted by atomic mass is 79.9. The summed E-state index contributed by atoms with van der Waals surface area (Å²) in [6, 6.07) is 9.87. The van der Waals surface area contributed by atoms with Crippen molar-refractivity contribution in [2.75, 3.05) is 5.32 Å². The van der Waals surface area contributed by atoms with Crippen LogP contribution in [0.25, 0.3) is 10.9 Å². The Balaban J connectivity index is 1.91. The second kappa shape index (κ2) is 5.49. The van der Waals surface area contributed by atoms with E-state index < -0.39 is 0 Å². The minimum atomic E-state index is 0.729. The first kappa shape index (κ1) is 12.9. The highest BCUT2D eigenvalue weighted by molar-refractivity contribution is 9.11. The number of nitrogens with one attached hydrogen (secondary N) is 1. The van der Waals surface area contributed by atoms with E-state index in [1.54, 1.807) is 17.5 Å². The lowest BCUT2D eigenvalue weighted by Gasteiger charge is -2.09. The maximum Gasteiger partial charge on any atom is 0.0948 e. The summed E-state index contributed by atoms with van der Waals surface area (Å²) in [6.07, 6.45) is 1.78. The summed E-state index contributed by atoms with van der Waals surface area (Å²) < 4.78 is 1.14. The van der Waals surface area contributed by atoms with Crippen LogP contribution in [0.1, 0.15) is 5.56 Å². The summed E-state index contributed by atoms with van der Waals surface area (Å²) >= 11 is 11.3. The Morgan fingerprint density at radius 1 is 1.32 bits per heavy atom. The molecule has 3 rings (SSSR count). The zero-order valence-electron chi connectivity index (χ0n) is 9.86. The Labute approximate surface area is 128 Å². The molecule has 2 nitrogen and oxygen atoms in total. The van der Waals surface area contributed by atoms with Gasteiger partial charge in [0.15, 0.2) is 0 Å². The maximum absolute atomic E-state index is 6.18. The van der Waals surface area contributed by atoms with Crippen LogP contribution in [-0.2, 0) is 6.54 Å². The highest BCUT2D eigenvalue weighted by Crippen LogP contribution is 2.28. The highest BCUT2D eigenvalue weighted by Gasteiger charge is 2.05. The Hall–Kier alpha value is -1.10. The van der Waals surface area contributed by atoms with Gasteiger partial charge in [-0.1, -0.05) is 11.6 Å². The third-order valence-electron chi connectivity index (χ3n) is 2.82. The van der Waals surface area contributed by atoms with Crippen molar-refractivity contribution in [3.05, 3.63) is 56.3 Å². The number of nitrogens with zero attached hydrogens (tertiary/aromatic N) is 1. The first-order valence-corrected chi connectivity index (χ1v) is 7.79. The molecule has 0 spiro atoms. The van der Waals surface area contributed by atoms with E-state index in [-0.39, 0.29) is 0 Å². The zero-order valence-corrected chi connectivity index (χ0v) is 13.0. The van der Waals surface area contributed by atoms with Gasteiger partial charge in [0.25, 0.3) is 0 Å². The molecule has 1 aromatic carbocycles. The van der Waals surface area contributed by atoms with Gasteiger partial charge in [0.05, 0.1) is 20.0 Å². The maximum atomic E-state index is 6.18. The largest absolute Gasteiger partial charge is 0.379 e. The van der Waals surface area contributed by atoms with Crippen molar-refractivity contribution in [1.29, 1.82) is 0 Å². The summed E-state index contributed by atoms with van der Waals surface area (Å²) in [5.74, 6) is 0. The molecule has 0 atom stereocenters. The summed E-state index contributed by atoms with van der Waals surface area (Å²) in [4.78, 5) is 4.41. The number of fused-ring (bicyclic) bond motifs is 1. The minimum absolute atomic E-state index is 0.729. The van der Waals surface area contributed by atoms with Crippen molar-refractivity contribution in [3.8, 4) is 0 Å². The van der Waals surface area contributed by atoms with Gasteiger partial charge in [-0.2, -0.15) is 0 Å². The number of anilines is 1. The second-order valence-corrected chi connectivity index (χ2v) is 6.80. The molecule has 2 aromatic heterocycles. The van der Waals surface area contributed by atoms with Gasteiger partial charge in [0.1, 0.15) is 0 Å². The third-order valence-corrected chi connectivity index (χ3v) is 4.70. The van der Waals surface area contributed by atoms with Crippen LogP contribution in [0.15, 0.2) is 45.7 Å². The Morgan fingerprint density at radius 2 is 2.21 bits per heavy atom. The number of hydrogen-bond acceptors (Lipinski definition) is 3. The van der Waals surface area contributed by atoms with E-state index in [0.717, 1.165) is 31.9 Å². The number of aromatic nitrogens is 1. The number of rotatable bonds is 3. The molecule has 0 radical (unpaired) electrons. The molecule has 1 N–H and O–H groups in total. The number of pyridine rings is 1. The van der Waals surface area contributed by atoms with Gasteiger partial charge in [0, 0.05) is 18.1 Å². The number of halogens is 2. The number of hydrogen-bond donors (Lipinski definition) is 1. The molecule has 0 saturated carbocycles. The Kier molecular flexibility index (Phi) is 3.73. The van der Waals surface area contributed by atoms with Crippen molar-refractivity contribution in [2.45, 2.75) is 6.54 Å².